The summed E-state index contributed by atoms with van der Waals surface area (Å²) in [4.78, 5) is 22.6. The first kappa shape index (κ1) is 18.2. The smallest absolute Gasteiger partial charge is 0.319 e. The van der Waals surface area contributed by atoms with Crippen molar-refractivity contribution in [3.63, 3.8) is 0 Å². The molecule has 1 aliphatic heterocycles. The average molecular weight is 355 g/mol. The van der Waals surface area contributed by atoms with Gasteiger partial charge in [-0.25, -0.2) is 4.98 Å². The van der Waals surface area contributed by atoms with E-state index in [1.54, 1.807) is 12.3 Å². The number of aromatic nitrogens is 2. The van der Waals surface area contributed by atoms with Crippen LogP contribution in [0, 0.1) is 0 Å². The molecule has 2 aromatic rings. The van der Waals surface area contributed by atoms with Gasteiger partial charge >= 0.3 is 6.01 Å². The Morgan fingerprint density at radius 2 is 2.12 bits per heavy atom. The summed E-state index contributed by atoms with van der Waals surface area (Å²) in [5, 5.41) is 0. The second-order valence-corrected chi connectivity index (χ2v) is 6.44. The van der Waals surface area contributed by atoms with Gasteiger partial charge in [0.15, 0.2) is 0 Å². The lowest BCUT2D eigenvalue weighted by molar-refractivity contribution is -0.133. The number of rotatable bonds is 7. The molecule has 0 saturated carbocycles. The molecule has 2 heterocycles. The molecule has 1 atom stereocenters. The largest absolute Gasteiger partial charge is 0.472 e. The molecule has 6 heteroatoms. The molecule has 1 saturated heterocycles. The fourth-order valence-electron chi connectivity index (χ4n) is 3.17. The number of carbonyl (C=O) groups is 1. The number of hydrogen-bond donors (Lipinski definition) is 0. The maximum Gasteiger partial charge on any atom is 0.319 e. The molecule has 1 aromatic heterocycles. The number of carbonyl (C=O) groups excluding carboxylic acids is 1. The van der Waals surface area contributed by atoms with Crippen LogP contribution in [0.15, 0.2) is 42.6 Å². The topological polar surface area (TPSA) is 64.6 Å². The summed E-state index contributed by atoms with van der Waals surface area (Å²) >= 11 is 0. The minimum absolute atomic E-state index is 0.0403. The summed E-state index contributed by atoms with van der Waals surface area (Å²) in [5.41, 5.74) is 1.28. The van der Waals surface area contributed by atoms with Crippen molar-refractivity contribution in [2.75, 3.05) is 20.2 Å². The third-order valence-electron chi connectivity index (χ3n) is 4.51. The van der Waals surface area contributed by atoms with Crippen molar-refractivity contribution in [3.8, 4) is 11.9 Å². The number of nitrogens with zero attached hydrogens (tertiary/aromatic N) is 3. The third-order valence-corrected chi connectivity index (χ3v) is 4.51. The summed E-state index contributed by atoms with van der Waals surface area (Å²) in [6.07, 6.45) is 5.80. The average Bonchev–Trinajstić information content (AvgIpc) is 2.69. The summed E-state index contributed by atoms with van der Waals surface area (Å²) in [7, 11) is 1.52. The molecule has 0 spiro atoms. The molecular weight excluding hydrogens is 330 g/mol. The first-order valence-corrected chi connectivity index (χ1v) is 9.10. The van der Waals surface area contributed by atoms with Crippen LogP contribution in [0.2, 0.25) is 0 Å². The number of hydrogen-bond acceptors (Lipinski definition) is 5. The number of ether oxygens (including phenoxy) is 2. The van der Waals surface area contributed by atoms with Gasteiger partial charge in [-0.3, -0.25) is 4.79 Å². The van der Waals surface area contributed by atoms with E-state index in [1.807, 2.05) is 23.1 Å². The highest BCUT2D eigenvalue weighted by atomic mass is 16.5. The third kappa shape index (κ3) is 5.18. The Morgan fingerprint density at radius 1 is 1.27 bits per heavy atom. The van der Waals surface area contributed by atoms with E-state index in [2.05, 4.69) is 22.1 Å². The lowest BCUT2D eigenvalue weighted by Crippen LogP contribution is -2.44. The van der Waals surface area contributed by atoms with E-state index in [-0.39, 0.29) is 18.0 Å². The van der Waals surface area contributed by atoms with Gasteiger partial charge < -0.3 is 14.4 Å². The van der Waals surface area contributed by atoms with Gasteiger partial charge in [0.05, 0.1) is 13.7 Å². The van der Waals surface area contributed by atoms with E-state index in [9.17, 15) is 4.79 Å². The lowest BCUT2D eigenvalue weighted by atomic mass is 10.1. The molecule has 0 bridgehead atoms. The predicted octanol–water partition coefficient (Wildman–Crippen LogP) is 2.88. The summed E-state index contributed by atoms with van der Waals surface area (Å²) < 4.78 is 10.9. The Kier molecular flexibility index (Phi) is 6.41. The van der Waals surface area contributed by atoms with Gasteiger partial charge in [0.1, 0.15) is 6.10 Å². The van der Waals surface area contributed by atoms with Gasteiger partial charge in [-0.15, -0.1) is 0 Å². The Labute approximate surface area is 154 Å². The SMILES string of the molecule is COc1nccc(OC2CCCN(C(=O)CCCc3ccccc3)C2)n1. The second-order valence-electron chi connectivity index (χ2n) is 6.44. The number of piperidine rings is 1. The molecule has 0 N–H and O–H groups in total. The van der Waals surface area contributed by atoms with Gasteiger partial charge in [-0.2, -0.15) is 4.98 Å². The Morgan fingerprint density at radius 3 is 2.92 bits per heavy atom. The fraction of sp³-hybridized carbons (Fsp3) is 0.450. The fourth-order valence-corrected chi connectivity index (χ4v) is 3.17. The molecule has 0 radical (unpaired) electrons. The van der Waals surface area contributed by atoms with Crippen molar-refractivity contribution in [1.29, 1.82) is 0 Å². The van der Waals surface area contributed by atoms with Crippen molar-refractivity contribution in [2.45, 2.75) is 38.2 Å². The molecule has 1 aromatic carbocycles. The van der Waals surface area contributed by atoms with E-state index >= 15 is 0 Å². The van der Waals surface area contributed by atoms with Gasteiger partial charge in [0.25, 0.3) is 0 Å². The van der Waals surface area contributed by atoms with Crippen molar-refractivity contribution in [2.24, 2.45) is 0 Å². The van der Waals surface area contributed by atoms with Crippen molar-refractivity contribution in [1.82, 2.24) is 14.9 Å². The molecule has 1 unspecified atom stereocenters. The van der Waals surface area contributed by atoms with Crippen LogP contribution in [0.3, 0.4) is 0 Å². The van der Waals surface area contributed by atoms with Crippen molar-refractivity contribution in [3.05, 3.63) is 48.2 Å². The van der Waals surface area contributed by atoms with Crippen LogP contribution in [0.25, 0.3) is 0 Å². The van der Waals surface area contributed by atoms with Crippen LogP contribution in [0.5, 0.6) is 11.9 Å². The highest BCUT2D eigenvalue weighted by Crippen LogP contribution is 2.19. The maximum atomic E-state index is 12.5. The molecule has 138 valence electrons. The lowest BCUT2D eigenvalue weighted by Gasteiger charge is -2.32. The molecule has 0 aliphatic carbocycles. The first-order valence-electron chi connectivity index (χ1n) is 9.10. The standard InChI is InChI=1S/C20H25N3O3/c1-25-20-21-13-12-18(22-20)26-17-10-6-14-23(15-17)19(24)11-5-9-16-7-3-2-4-8-16/h2-4,7-8,12-13,17H,5-6,9-11,14-15H2,1H3. The number of amides is 1. The zero-order valence-electron chi connectivity index (χ0n) is 15.1. The van der Waals surface area contributed by atoms with Gasteiger partial charge in [0, 0.05) is 25.2 Å². The van der Waals surface area contributed by atoms with E-state index < -0.39 is 0 Å². The number of aryl methyl sites for hydroxylation is 1. The van der Waals surface area contributed by atoms with Crippen LogP contribution >= 0.6 is 0 Å². The van der Waals surface area contributed by atoms with E-state index in [1.165, 1.54) is 12.7 Å². The molecule has 1 amide bonds. The summed E-state index contributed by atoms with van der Waals surface area (Å²) in [6.45, 7) is 1.41. The maximum absolute atomic E-state index is 12.5. The van der Waals surface area contributed by atoms with E-state index in [0.29, 0.717) is 18.8 Å². The van der Waals surface area contributed by atoms with Crippen LogP contribution < -0.4 is 9.47 Å². The van der Waals surface area contributed by atoms with Crippen LogP contribution in [-0.2, 0) is 11.2 Å². The predicted molar refractivity (Wildman–Crippen MR) is 98.2 cm³/mol. The highest BCUT2D eigenvalue weighted by molar-refractivity contribution is 5.76. The molecule has 6 nitrogen and oxygen atoms in total. The Balaban J connectivity index is 1.47. The molecule has 3 rings (SSSR count). The quantitative estimate of drug-likeness (QED) is 0.764. The molecular formula is C20H25N3O3. The number of likely N-dealkylation sites (tertiary alicyclic amines) is 1. The number of methoxy groups -OCH3 is 1. The molecule has 26 heavy (non-hydrogen) atoms. The summed E-state index contributed by atoms with van der Waals surface area (Å²) in [6, 6.07) is 12.3. The van der Waals surface area contributed by atoms with E-state index in [4.69, 9.17) is 9.47 Å². The van der Waals surface area contributed by atoms with Crippen LogP contribution in [-0.4, -0.2) is 47.1 Å². The normalized spacial score (nSPS) is 17.0. The van der Waals surface area contributed by atoms with Crippen molar-refractivity contribution < 1.29 is 14.3 Å². The van der Waals surface area contributed by atoms with Crippen LogP contribution in [0.4, 0.5) is 0 Å². The van der Waals surface area contributed by atoms with Crippen molar-refractivity contribution >= 4 is 5.91 Å². The Hall–Kier alpha value is -2.63. The minimum Gasteiger partial charge on any atom is -0.472 e. The van der Waals surface area contributed by atoms with Gasteiger partial charge in [-0.1, -0.05) is 30.3 Å². The zero-order valence-corrected chi connectivity index (χ0v) is 15.1. The second kappa shape index (κ2) is 9.17. The zero-order chi connectivity index (χ0) is 18.2. The monoisotopic (exact) mass is 355 g/mol. The molecule has 1 fully saturated rings. The van der Waals surface area contributed by atoms with Gasteiger partial charge in [-0.05, 0) is 31.2 Å². The van der Waals surface area contributed by atoms with Crippen LogP contribution in [0.1, 0.15) is 31.2 Å². The summed E-state index contributed by atoms with van der Waals surface area (Å²) in [5.74, 6) is 0.690. The first-order chi connectivity index (χ1) is 12.7. The van der Waals surface area contributed by atoms with E-state index in [0.717, 1.165) is 32.2 Å². The number of benzene rings is 1. The minimum atomic E-state index is -0.0403. The molecule has 1 aliphatic rings. The van der Waals surface area contributed by atoms with Gasteiger partial charge in [0.2, 0.25) is 11.8 Å². The highest BCUT2D eigenvalue weighted by Gasteiger charge is 2.25. The Bertz CT molecular complexity index is 708.